The van der Waals surface area contributed by atoms with Crippen LogP contribution in [0.2, 0.25) is 0 Å². The smallest absolute Gasteiger partial charge is 0.263 e. The fourth-order valence-corrected chi connectivity index (χ4v) is 4.53. The molecule has 1 aliphatic rings. The van der Waals surface area contributed by atoms with Crippen LogP contribution in [0.3, 0.4) is 0 Å². The lowest BCUT2D eigenvalue weighted by molar-refractivity contribution is -0.137. The van der Waals surface area contributed by atoms with Crippen LogP contribution in [0.4, 0.5) is 0 Å². The molecule has 2 aromatic heterocycles. The summed E-state index contributed by atoms with van der Waals surface area (Å²) in [5, 5.41) is 5.47. The molecule has 0 aliphatic carbocycles. The van der Waals surface area contributed by atoms with Crippen LogP contribution in [0.15, 0.2) is 52.8 Å². The Kier molecular flexibility index (Phi) is 7.27. The van der Waals surface area contributed by atoms with Crippen molar-refractivity contribution >= 4 is 23.2 Å². The molecule has 0 fully saturated rings. The van der Waals surface area contributed by atoms with Crippen molar-refractivity contribution in [2.45, 2.75) is 32.5 Å². The van der Waals surface area contributed by atoms with Gasteiger partial charge in [-0.3, -0.25) is 14.4 Å². The van der Waals surface area contributed by atoms with Gasteiger partial charge in [-0.05, 0) is 19.1 Å². The molecule has 0 saturated carbocycles. The van der Waals surface area contributed by atoms with E-state index in [9.17, 15) is 14.4 Å². The van der Waals surface area contributed by atoms with Gasteiger partial charge >= 0.3 is 0 Å². The number of thiazole rings is 1. The molecule has 0 radical (unpaired) electrons. The van der Waals surface area contributed by atoms with Crippen molar-refractivity contribution in [2.75, 3.05) is 20.2 Å². The number of methoxy groups -OCH3 is 1. The highest BCUT2D eigenvalue weighted by molar-refractivity contribution is 7.09. The van der Waals surface area contributed by atoms with Crippen LogP contribution < -0.4 is 20.3 Å². The molecule has 0 unspecified atom stereocenters. The second-order valence-corrected chi connectivity index (χ2v) is 8.76. The van der Waals surface area contributed by atoms with Crippen LogP contribution in [-0.2, 0) is 24.3 Å². The van der Waals surface area contributed by atoms with E-state index in [2.05, 4.69) is 10.3 Å². The number of hydrogen-bond donors (Lipinski definition) is 1. The van der Waals surface area contributed by atoms with Gasteiger partial charge in [0.2, 0.25) is 0 Å². The van der Waals surface area contributed by atoms with Crippen LogP contribution >= 0.6 is 11.3 Å². The monoisotopic (exact) mass is 482 g/mol. The maximum atomic E-state index is 13.1. The topological polar surface area (TPSA) is 103 Å². The number of hydrogen-bond acceptors (Lipinski definition) is 7. The minimum atomic E-state index is -0.684. The van der Waals surface area contributed by atoms with E-state index in [1.807, 2.05) is 23.6 Å². The zero-order valence-corrected chi connectivity index (χ0v) is 19.8. The summed E-state index contributed by atoms with van der Waals surface area (Å²) < 4.78 is 12.7. The van der Waals surface area contributed by atoms with Gasteiger partial charge in [-0.1, -0.05) is 18.2 Å². The van der Waals surface area contributed by atoms with E-state index < -0.39 is 6.10 Å². The summed E-state index contributed by atoms with van der Waals surface area (Å²) in [7, 11) is 1.43. The number of ether oxygens (including phenoxy) is 2. The third kappa shape index (κ3) is 5.12. The lowest BCUT2D eigenvalue weighted by Gasteiger charge is -2.24. The molecular formula is C24H26N4O5S. The zero-order chi connectivity index (χ0) is 24.1. The molecule has 9 nitrogen and oxygen atoms in total. The van der Waals surface area contributed by atoms with Crippen molar-refractivity contribution in [3.63, 3.8) is 0 Å². The first kappa shape index (κ1) is 23.5. The number of carbonyl (C=O) groups excluding carboxylic acids is 2. The minimum absolute atomic E-state index is 0.175. The van der Waals surface area contributed by atoms with Crippen molar-refractivity contribution in [3.8, 4) is 11.5 Å². The Morgan fingerprint density at radius 3 is 2.71 bits per heavy atom. The fraction of sp³-hybridized carbons (Fsp3) is 0.333. The average molecular weight is 483 g/mol. The number of amides is 2. The molecule has 0 spiro atoms. The molecule has 1 aromatic carbocycles. The number of pyridine rings is 1. The lowest BCUT2D eigenvalue weighted by atomic mass is 10.1. The SMILES string of the molecule is COc1cc(=O)n2c(c1C(=O)NCc1nccs1)CCN(C(=O)[C@H](C)Oc1ccccc1)CC2. The number of nitrogens with zero attached hydrogens (tertiary/aromatic N) is 3. The lowest BCUT2D eigenvalue weighted by Crippen LogP contribution is -2.42. The number of rotatable bonds is 7. The van der Waals surface area contributed by atoms with Gasteiger partial charge < -0.3 is 24.3 Å². The predicted molar refractivity (Wildman–Crippen MR) is 127 cm³/mol. The van der Waals surface area contributed by atoms with Crippen LogP contribution in [-0.4, -0.2) is 52.6 Å². The average Bonchev–Trinajstić information content (AvgIpc) is 3.27. The molecule has 1 N–H and O–H groups in total. The molecule has 3 aromatic rings. The maximum absolute atomic E-state index is 13.1. The number of nitrogens with one attached hydrogen (secondary N) is 1. The Labute approximate surface area is 201 Å². The molecule has 1 aliphatic heterocycles. The van der Waals surface area contributed by atoms with Crippen LogP contribution in [0, 0.1) is 0 Å². The van der Waals surface area contributed by atoms with E-state index in [4.69, 9.17) is 9.47 Å². The van der Waals surface area contributed by atoms with Gasteiger partial charge in [0.15, 0.2) is 6.10 Å². The van der Waals surface area contributed by atoms with Crippen LogP contribution in [0.1, 0.15) is 28.0 Å². The zero-order valence-electron chi connectivity index (χ0n) is 19.0. The van der Waals surface area contributed by atoms with Crippen molar-refractivity contribution in [1.29, 1.82) is 0 Å². The summed E-state index contributed by atoms with van der Waals surface area (Å²) in [5.41, 5.74) is 0.584. The highest BCUT2D eigenvalue weighted by Crippen LogP contribution is 2.23. The summed E-state index contributed by atoms with van der Waals surface area (Å²) in [5.74, 6) is 0.304. The second kappa shape index (κ2) is 10.5. The van der Waals surface area contributed by atoms with Crippen LogP contribution in [0.5, 0.6) is 11.5 Å². The number of para-hydroxylation sites is 1. The summed E-state index contributed by atoms with van der Waals surface area (Å²) in [6, 6.07) is 10.5. The second-order valence-electron chi connectivity index (χ2n) is 7.78. The Hall–Kier alpha value is -3.66. The molecule has 34 heavy (non-hydrogen) atoms. The van der Waals surface area contributed by atoms with E-state index in [-0.39, 0.29) is 36.2 Å². The van der Waals surface area contributed by atoms with E-state index in [1.165, 1.54) is 24.5 Å². The molecule has 4 rings (SSSR count). The number of fused-ring (bicyclic) bond motifs is 1. The van der Waals surface area contributed by atoms with Crippen molar-refractivity contribution in [2.24, 2.45) is 0 Å². The standard InChI is InChI=1S/C24H26N4O5S/c1-16(33-17-6-4-3-5-7-17)24(31)27-10-8-18-22(23(30)26-15-20-25-9-13-34-20)19(32-2)14-21(29)28(18)12-11-27/h3-7,9,13-14,16H,8,10-12,15H2,1-2H3,(H,26,30)/t16-/m0/s1. The number of carbonyl (C=O) groups is 2. The maximum Gasteiger partial charge on any atom is 0.263 e. The summed E-state index contributed by atoms with van der Waals surface area (Å²) >= 11 is 1.44. The molecule has 178 valence electrons. The Morgan fingerprint density at radius 2 is 2.00 bits per heavy atom. The molecule has 0 bridgehead atoms. The number of benzene rings is 1. The highest BCUT2D eigenvalue weighted by Gasteiger charge is 2.28. The Bertz CT molecular complexity index is 1210. The van der Waals surface area contributed by atoms with E-state index in [0.29, 0.717) is 36.5 Å². The van der Waals surface area contributed by atoms with Crippen molar-refractivity contribution < 1.29 is 19.1 Å². The summed E-state index contributed by atoms with van der Waals surface area (Å²) in [6.45, 7) is 2.94. The first-order valence-corrected chi connectivity index (χ1v) is 11.8. The normalized spacial score (nSPS) is 14.0. The van der Waals surface area contributed by atoms with Gasteiger partial charge in [0.1, 0.15) is 22.1 Å². The molecule has 10 heteroatoms. The van der Waals surface area contributed by atoms with Gasteiger partial charge in [-0.2, -0.15) is 0 Å². The van der Waals surface area contributed by atoms with E-state index in [0.717, 1.165) is 5.01 Å². The van der Waals surface area contributed by atoms with E-state index >= 15 is 0 Å². The number of aromatic nitrogens is 2. The third-order valence-electron chi connectivity index (χ3n) is 5.64. The highest BCUT2D eigenvalue weighted by atomic mass is 32.1. The molecule has 3 heterocycles. The van der Waals surface area contributed by atoms with Gasteiger partial charge in [-0.25, -0.2) is 4.98 Å². The van der Waals surface area contributed by atoms with E-state index in [1.54, 1.807) is 34.7 Å². The first-order valence-electron chi connectivity index (χ1n) is 11.0. The minimum Gasteiger partial charge on any atom is -0.496 e. The third-order valence-corrected chi connectivity index (χ3v) is 6.42. The van der Waals surface area contributed by atoms with Gasteiger partial charge in [0.25, 0.3) is 17.4 Å². The van der Waals surface area contributed by atoms with Crippen molar-refractivity contribution in [3.05, 3.63) is 74.6 Å². The quantitative estimate of drug-likeness (QED) is 0.553. The first-order chi connectivity index (χ1) is 16.5. The molecule has 2 amide bonds. The summed E-state index contributed by atoms with van der Waals surface area (Å²) in [6.07, 6.45) is 1.32. The van der Waals surface area contributed by atoms with Gasteiger partial charge in [0, 0.05) is 49.4 Å². The van der Waals surface area contributed by atoms with Gasteiger partial charge in [0.05, 0.1) is 13.7 Å². The summed E-state index contributed by atoms with van der Waals surface area (Å²) in [4.78, 5) is 44.8. The van der Waals surface area contributed by atoms with Gasteiger partial charge in [-0.15, -0.1) is 11.3 Å². The Balaban J connectivity index is 1.53. The van der Waals surface area contributed by atoms with Crippen molar-refractivity contribution in [1.82, 2.24) is 19.8 Å². The predicted octanol–water partition coefficient (Wildman–Crippen LogP) is 2.10. The largest absolute Gasteiger partial charge is 0.496 e. The van der Waals surface area contributed by atoms with Crippen LogP contribution in [0.25, 0.3) is 0 Å². The fourth-order valence-electron chi connectivity index (χ4n) is 3.97. The molecular weight excluding hydrogens is 456 g/mol. The molecule has 1 atom stereocenters. The Morgan fingerprint density at radius 1 is 1.21 bits per heavy atom. The molecule has 0 saturated heterocycles.